The van der Waals surface area contributed by atoms with E-state index in [0.717, 1.165) is 11.0 Å². The number of hydrogen-bond donors (Lipinski definition) is 2. The Labute approximate surface area is 166 Å². The zero-order valence-electron chi connectivity index (χ0n) is 14.6. The van der Waals surface area contributed by atoms with Crippen molar-refractivity contribution < 1.29 is 31.5 Å². The first-order valence-corrected chi connectivity index (χ1v) is 8.67. The van der Waals surface area contributed by atoms with E-state index >= 15 is 0 Å². The maximum atomic E-state index is 13.0. The quantitative estimate of drug-likeness (QED) is 0.669. The van der Waals surface area contributed by atoms with Gasteiger partial charge in [-0.15, -0.1) is 0 Å². The molecule has 1 aromatic heterocycles. The summed E-state index contributed by atoms with van der Waals surface area (Å²) in [5, 5.41) is 5.61. The van der Waals surface area contributed by atoms with E-state index in [1.807, 2.05) is 5.32 Å². The number of alkyl carbamates (subject to hydrolysis) is 1. The fourth-order valence-corrected chi connectivity index (χ4v) is 2.80. The van der Waals surface area contributed by atoms with Gasteiger partial charge in [-0.25, -0.2) is 23.2 Å². The number of nitrogens with two attached hydrogens (primary N) is 1. The van der Waals surface area contributed by atoms with E-state index in [1.165, 1.54) is 18.2 Å². The topological polar surface area (TPSA) is 95.1 Å². The molecule has 3 N–H and O–H groups in total. The molecule has 1 aromatic carbocycles. The smallest absolute Gasteiger partial charge is 0.411 e. The number of nitrogens with zero attached hydrogens (tertiary/aromatic N) is 3. The normalized spacial score (nSPS) is 16.6. The van der Waals surface area contributed by atoms with Crippen molar-refractivity contribution in [1.82, 2.24) is 20.1 Å². The Bertz CT molecular complexity index is 900. The monoisotopic (exact) mass is 439 g/mol. The third kappa shape index (κ3) is 4.42. The number of rotatable bonds is 6. The average Bonchev–Trinajstić information content (AvgIpc) is 3.26. The Morgan fingerprint density at radius 2 is 2.07 bits per heavy atom. The molecule has 13 heteroatoms. The van der Waals surface area contributed by atoms with Crippen molar-refractivity contribution in [3.05, 3.63) is 40.9 Å². The van der Waals surface area contributed by atoms with E-state index in [4.69, 9.17) is 22.1 Å². The highest BCUT2D eigenvalue weighted by molar-refractivity contribution is 6.32. The van der Waals surface area contributed by atoms with Gasteiger partial charge in [-0.3, -0.25) is 0 Å². The number of hydrogen-bond acceptors (Lipinski definition) is 5. The van der Waals surface area contributed by atoms with Crippen LogP contribution in [0.25, 0.3) is 5.69 Å². The molecule has 0 saturated heterocycles. The Hall–Kier alpha value is -2.47. The molecule has 1 aliphatic carbocycles. The van der Waals surface area contributed by atoms with Crippen LogP contribution < -0.4 is 11.1 Å². The van der Waals surface area contributed by atoms with Crippen molar-refractivity contribution in [2.75, 3.05) is 6.61 Å². The van der Waals surface area contributed by atoms with Crippen molar-refractivity contribution in [3.63, 3.8) is 0 Å². The van der Waals surface area contributed by atoms with Crippen molar-refractivity contribution in [3.8, 4) is 5.69 Å². The maximum absolute atomic E-state index is 13.0. The first kappa shape index (κ1) is 21.2. The number of amides is 1. The predicted molar refractivity (Wildman–Crippen MR) is 90.8 cm³/mol. The largest absolute Gasteiger partial charge is 0.448 e. The lowest BCUT2D eigenvalue weighted by Crippen LogP contribution is -2.48. The van der Waals surface area contributed by atoms with Gasteiger partial charge in [0, 0.05) is 0 Å². The van der Waals surface area contributed by atoms with Gasteiger partial charge < -0.3 is 15.8 Å². The minimum absolute atomic E-state index is 0.0749. The average molecular weight is 440 g/mol. The van der Waals surface area contributed by atoms with Gasteiger partial charge in [-0.2, -0.15) is 18.3 Å². The maximum Gasteiger partial charge on any atom is 0.411 e. The fourth-order valence-electron chi connectivity index (χ4n) is 2.60. The zero-order valence-corrected chi connectivity index (χ0v) is 15.3. The Morgan fingerprint density at radius 1 is 1.38 bits per heavy atom. The summed E-state index contributed by atoms with van der Waals surface area (Å²) in [5.41, 5.74) is 4.08. The predicted octanol–water partition coefficient (Wildman–Crippen LogP) is 3.68. The van der Waals surface area contributed by atoms with Crippen LogP contribution in [0.5, 0.6) is 0 Å². The molecule has 158 valence electrons. The molecule has 1 fully saturated rings. The zero-order chi connectivity index (χ0) is 21.4. The van der Waals surface area contributed by atoms with Gasteiger partial charge in [-0.1, -0.05) is 17.7 Å². The second-order valence-corrected chi connectivity index (χ2v) is 6.86. The van der Waals surface area contributed by atoms with Gasteiger partial charge in [0.25, 0.3) is 6.43 Å². The summed E-state index contributed by atoms with van der Waals surface area (Å²) in [6.45, 7) is -0.445. The number of ether oxygens (including phenoxy) is 1. The highest BCUT2D eigenvalue weighted by atomic mass is 35.5. The molecule has 0 aliphatic heterocycles. The first-order chi connectivity index (χ1) is 13.5. The fraction of sp³-hybridized carbons (Fsp3) is 0.438. The van der Waals surface area contributed by atoms with Crippen LogP contribution in [0.2, 0.25) is 5.02 Å². The number of carbonyl (C=O) groups is 1. The molecule has 1 aliphatic rings. The molecule has 29 heavy (non-hydrogen) atoms. The number of aromatic nitrogens is 3. The molecule has 7 nitrogen and oxygen atoms in total. The molecule has 1 amide bonds. The number of nitrogens with one attached hydrogen (secondary N) is 1. The van der Waals surface area contributed by atoms with Crippen molar-refractivity contribution in [2.24, 2.45) is 5.73 Å². The van der Waals surface area contributed by atoms with E-state index < -0.39 is 42.7 Å². The van der Waals surface area contributed by atoms with Crippen LogP contribution in [0.15, 0.2) is 24.5 Å². The molecule has 1 heterocycles. The molecular formula is C16H15ClF5N5O2. The number of carbonyl (C=O) groups excluding carboxylic acids is 1. The second kappa shape index (κ2) is 7.75. The molecule has 2 aromatic rings. The number of alkyl halides is 5. The molecular weight excluding hydrogens is 425 g/mol. The highest BCUT2D eigenvalue weighted by Gasteiger charge is 2.64. The Morgan fingerprint density at radius 3 is 2.66 bits per heavy atom. The van der Waals surface area contributed by atoms with E-state index in [1.54, 1.807) is 0 Å². The van der Waals surface area contributed by atoms with Gasteiger partial charge in [-0.05, 0) is 30.5 Å². The van der Waals surface area contributed by atoms with Crippen molar-refractivity contribution in [2.45, 2.75) is 37.0 Å². The highest BCUT2D eigenvalue weighted by Crippen LogP contribution is 2.48. The van der Waals surface area contributed by atoms with Crippen LogP contribution in [-0.2, 0) is 4.74 Å². The summed E-state index contributed by atoms with van der Waals surface area (Å²) < 4.78 is 70.3. The lowest BCUT2D eigenvalue weighted by atomic mass is 10.1. The van der Waals surface area contributed by atoms with Crippen LogP contribution >= 0.6 is 11.6 Å². The Kier molecular flexibility index (Phi) is 5.68. The van der Waals surface area contributed by atoms with Crippen molar-refractivity contribution >= 4 is 17.7 Å². The van der Waals surface area contributed by atoms with Crippen LogP contribution in [0.1, 0.15) is 36.7 Å². The van der Waals surface area contributed by atoms with Crippen LogP contribution in [0.4, 0.5) is 26.7 Å². The van der Waals surface area contributed by atoms with Gasteiger partial charge in [0.05, 0.1) is 16.8 Å². The molecule has 1 unspecified atom stereocenters. The minimum atomic E-state index is -4.57. The molecule has 1 saturated carbocycles. The van der Waals surface area contributed by atoms with Gasteiger partial charge in [0.1, 0.15) is 18.5 Å². The third-order valence-electron chi connectivity index (χ3n) is 4.42. The number of benzene rings is 1. The van der Waals surface area contributed by atoms with E-state index in [-0.39, 0.29) is 23.6 Å². The Balaban J connectivity index is 1.68. The summed E-state index contributed by atoms with van der Waals surface area (Å²) in [7, 11) is 0. The minimum Gasteiger partial charge on any atom is -0.448 e. The van der Waals surface area contributed by atoms with Crippen LogP contribution in [0, 0.1) is 0 Å². The van der Waals surface area contributed by atoms with Gasteiger partial charge in [0.2, 0.25) is 0 Å². The first-order valence-electron chi connectivity index (χ1n) is 8.29. The van der Waals surface area contributed by atoms with E-state index in [2.05, 4.69) is 10.1 Å². The molecule has 0 bridgehead atoms. The lowest BCUT2D eigenvalue weighted by molar-refractivity contribution is -0.164. The second-order valence-electron chi connectivity index (χ2n) is 6.45. The van der Waals surface area contributed by atoms with Gasteiger partial charge >= 0.3 is 12.3 Å². The van der Waals surface area contributed by atoms with E-state index in [9.17, 15) is 26.7 Å². The summed E-state index contributed by atoms with van der Waals surface area (Å²) in [5.74, 6) is -0.630. The summed E-state index contributed by atoms with van der Waals surface area (Å²) in [6.07, 6.45) is -8.22. The third-order valence-corrected chi connectivity index (χ3v) is 4.74. The molecule has 0 radical (unpaired) electrons. The van der Waals surface area contributed by atoms with E-state index in [0.29, 0.717) is 5.56 Å². The summed E-state index contributed by atoms with van der Waals surface area (Å²) >= 11 is 6.04. The van der Waals surface area contributed by atoms with Crippen LogP contribution in [0.3, 0.4) is 0 Å². The SMILES string of the molecule is NC(COC(=O)NC1(C(F)(F)F)CC1)c1ccc(Cl)c(-n2ncnc2C(F)F)c1. The standard InChI is InChI=1S/C16H15ClF5N5O2/c17-9-2-1-8(5-11(9)27-13(12(18)19)24-7-25-27)10(23)6-29-14(28)26-15(3-4-15)16(20,21)22/h1-2,5,7,10,12H,3-4,6,23H2,(H,26,28). The van der Waals surface area contributed by atoms with Crippen molar-refractivity contribution in [1.29, 1.82) is 0 Å². The molecule has 3 rings (SSSR count). The van der Waals surface area contributed by atoms with Crippen LogP contribution in [-0.4, -0.2) is 39.2 Å². The molecule has 0 spiro atoms. The summed E-state index contributed by atoms with van der Waals surface area (Å²) in [6, 6.07) is 3.25. The molecule has 1 atom stereocenters. The number of halogens is 6. The van der Waals surface area contributed by atoms with Gasteiger partial charge in [0.15, 0.2) is 5.82 Å². The summed E-state index contributed by atoms with van der Waals surface area (Å²) in [4.78, 5) is 15.2. The lowest BCUT2D eigenvalue weighted by Gasteiger charge is -2.21.